The van der Waals surface area contributed by atoms with E-state index in [4.69, 9.17) is 14.2 Å². The normalized spacial score (nSPS) is 12.7. The molecule has 1 unspecified atom stereocenters. The average molecular weight is 976 g/mol. The highest BCUT2D eigenvalue weighted by Gasteiger charge is 2.19. The molecule has 0 rings (SSSR count). The Morgan fingerprint density at radius 1 is 0.300 bits per heavy atom. The van der Waals surface area contributed by atoms with E-state index in [1.165, 1.54) is 135 Å². The van der Waals surface area contributed by atoms with E-state index in [9.17, 15) is 14.4 Å². The van der Waals surface area contributed by atoms with Crippen LogP contribution in [0.3, 0.4) is 0 Å². The zero-order valence-corrected chi connectivity index (χ0v) is 46.0. The smallest absolute Gasteiger partial charge is 0.306 e. The molecule has 0 N–H and O–H groups in total. The lowest BCUT2D eigenvalue weighted by Crippen LogP contribution is -2.30. The molecule has 0 bridgehead atoms. The second-order valence-corrected chi connectivity index (χ2v) is 19.5. The van der Waals surface area contributed by atoms with Crippen LogP contribution in [0.25, 0.3) is 0 Å². The summed E-state index contributed by atoms with van der Waals surface area (Å²) in [5, 5.41) is 0. The topological polar surface area (TPSA) is 78.9 Å². The van der Waals surface area contributed by atoms with Crippen LogP contribution in [-0.4, -0.2) is 37.2 Å². The predicted octanol–water partition coefficient (Wildman–Crippen LogP) is 19.9. The van der Waals surface area contributed by atoms with E-state index < -0.39 is 6.10 Å². The molecule has 0 heterocycles. The lowest BCUT2D eigenvalue weighted by atomic mass is 10.0. The Labute approximate surface area is 433 Å². The largest absolute Gasteiger partial charge is 0.462 e. The van der Waals surface area contributed by atoms with Crippen LogP contribution >= 0.6 is 0 Å². The first kappa shape index (κ1) is 66.6. The molecule has 70 heavy (non-hydrogen) atoms. The molecular weight excluding hydrogens is 865 g/mol. The van der Waals surface area contributed by atoms with E-state index in [-0.39, 0.29) is 31.1 Å². The number of ether oxygens (including phenoxy) is 3. The molecule has 0 saturated carbocycles. The summed E-state index contributed by atoms with van der Waals surface area (Å²) in [5.41, 5.74) is 0. The summed E-state index contributed by atoms with van der Waals surface area (Å²) < 4.78 is 16.8. The van der Waals surface area contributed by atoms with Gasteiger partial charge in [-0.25, -0.2) is 0 Å². The standard InChI is InChI=1S/C64H110O6/c1-4-7-10-13-16-18-20-22-24-26-28-29-30-31-32-33-34-35-37-38-40-42-44-46-48-51-54-57-63(66)69-60-61(59-68-62(65)56-53-50-15-12-9-6-3)70-64(67)58-55-52-49-47-45-43-41-39-36-27-25-23-21-19-17-14-11-8-5-2/h8,11,17,19-20,22-23,25-26,28,30-31,36,39,61H,4-7,9-10,12-16,18,21,24,27,29,32-35,37-38,40-60H2,1-3H3/b11-8-,19-17-,22-20-,25-23-,28-26-,31-30-,39-36-. The minimum absolute atomic E-state index is 0.0825. The van der Waals surface area contributed by atoms with Gasteiger partial charge in [0.05, 0.1) is 0 Å². The summed E-state index contributed by atoms with van der Waals surface area (Å²) in [6.45, 7) is 6.45. The molecule has 0 radical (unpaired) electrons. The Kier molecular flexibility index (Phi) is 55.3. The highest BCUT2D eigenvalue weighted by molar-refractivity contribution is 5.71. The number of unbranched alkanes of at least 4 members (excludes halogenated alkanes) is 28. The molecule has 402 valence electrons. The number of carbonyl (C=O) groups is 3. The Morgan fingerprint density at radius 2 is 0.557 bits per heavy atom. The monoisotopic (exact) mass is 975 g/mol. The number of allylic oxidation sites excluding steroid dienone is 14. The van der Waals surface area contributed by atoms with Crippen LogP contribution < -0.4 is 0 Å². The Morgan fingerprint density at radius 3 is 0.871 bits per heavy atom. The maximum Gasteiger partial charge on any atom is 0.306 e. The zero-order chi connectivity index (χ0) is 50.7. The van der Waals surface area contributed by atoms with Crippen molar-refractivity contribution in [3.8, 4) is 0 Å². The molecule has 0 aromatic heterocycles. The quantitative estimate of drug-likeness (QED) is 0.0261. The maximum atomic E-state index is 12.8. The number of hydrogen-bond acceptors (Lipinski definition) is 6. The fraction of sp³-hybridized carbons (Fsp3) is 0.734. The van der Waals surface area contributed by atoms with Gasteiger partial charge in [0.15, 0.2) is 6.10 Å². The molecule has 0 aromatic carbocycles. The van der Waals surface area contributed by atoms with Crippen LogP contribution in [0.2, 0.25) is 0 Å². The van der Waals surface area contributed by atoms with E-state index in [2.05, 4.69) is 106 Å². The second kappa shape index (κ2) is 58.2. The third kappa shape index (κ3) is 55.5. The van der Waals surface area contributed by atoms with E-state index in [0.29, 0.717) is 19.3 Å². The van der Waals surface area contributed by atoms with Gasteiger partial charge in [-0.2, -0.15) is 0 Å². The van der Waals surface area contributed by atoms with E-state index >= 15 is 0 Å². The molecule has 0 aliphatic rings. The fourth-order valence-electron chi connectivity index (χ4n) is 8.21. The Hall–Kier alpha value is -3.41. The minimum Gasteiger partial charge on any atom is -0.462 e. The molecule has 0 spiro atoms. The third-order valence-corrected chi connectivity index (χ3v) is 12.6. The van der Waals surface area contributed by atoms with E-state index in [1.807, 2.05) is 0 Å². The van der Waals surface area contributed by atoms with Crippen molar-refractivity contribution in [1.29, 1.82) is 0 Å². The van der Waals surface area contributed by atoms with Crippen LogP contribution in [0.1, 0.15) is 284 Å². The van der Waals surface area contributed by atoms with Crippen molar-refractivity contribution >= 4 is 17.9 Å². The molecule has 6 heteroatoms. The third-order valence-electron chi connectivity index (χ3n) is 12.6. The van der Waals surface area contributed by atoms with Crippen molar-refractivity contribution in [3.63, 3.8) is 0 Å². The number of rotatable bonds is 53. The van der Waals surface area contributed by atoms with Gasteiger partial charge in [0, 0.05) is 19.3 Å². The summed E-state index contributed by atoms with van der Waals surface area (Å²) in [6, 6.07) is 0. The fourth-order valence-corrected chi connectivity index (χ4v) is 8.21. The van der Waals surface area contributed by atoms with Crippen LogP contribution in [-0.2, 0) is 28.6 Å². The molecule has 0 amide bonds. The summed E-state index contributed by atoms with van der Waals surface area (Å²) in [7, 11) is 0. The van der Waals surface area contributed by atoms with Gasteiger partial charge in [-0.15, -0.1) is 0 Å². The van der Waals surface area contributed by atoms with Gasteiger partial charge in [0.2, 0.25) is 0 Å². The SMILES string of the molecule is CC/C=C\C/C=C\C/C=C\C/C=C\CCCCCCCCC(=O)OC(COC(=O)CCCCCCCC)COC(=O)CCCCCCCCCCCCCC/C=C\C/C=C\C/C=C\CCCCCCC. The first-order valence-electron chi connectivity index (χ1n) is 29.6. The van der Waals surface area contributed by atoms with Gasteiger partial charge < -0.3 is 14.2 Å². The van der Waals surface area contributed by atoms with Gasteiger partial charge in [-0.05, 0) is 96.3 Å². The Balaban J connectivity index is 4.13. The van der Waals surface area contributed by atoms with Crippen LogP contribution in [0, 0.1) is 0 Å². The number of esters is 3. The molecular formula is C64H110O6. The lowest BCUT2D eigenvalue weighted by Gasteiger charge is -2.18. The molecule has 1 atom stereocenters. The highest BCUT2D eigenvalue weighted by Crippen LogP contribution is 2.15. The first-order chi connectivity index (χ1) is 34.5. The molecule has 0 fully saturated rings. The lowest BCUT2D eigenvalue weighted by molar-refractivity contribution is -0.167. The summed E-state index contributed by atoms with van der Waals surface area (Å²) >= 11 is 0. The maximum absolute atomic E-state index is 12.8. The van der Waals surface area contributed by atoms with Gasteiger partial charge in [0.1, 0.15) is 13.2 Å². The van der Waals surface area contributed by atoms with Gasteiger partial charge in [-0.1, -0.05) is 254 Å². The van der Waals surface area contributed by atoms with Crippen LogP contribution in [0.15, 0.2) is 85.1 Å². The van der Waals surface area contributed by atoms with Crippen molar-refractivity contribution in [2.24, 2.45) is 0 Å². The first-order valence-corrected chi connectivity index (χ1v) is 29.6. The summed E-state index contributed by atoms with van der Waals surface area (Å²) in [6.07, 6.45) is 76.1. The van der Waals surface area contributed by atoms with Crippen LogP contribution in [0.5, 0.6) is 0 Å². The average Bonchev–Trinajstić information content (AvgIpc) is 3.36. The van der Waals surface area contributed by atoms with Crippen molar-refractivity contribution in [2.45, 2.75) is 290 Å². The predicted molar refractivity (Wildman–Crippen MR) is 302 cm³/mol. The summed E-state index contributed by atoms with van der Waals surface area (Å²) in [5.74, 6) is -0.903. The summed E-state index contributed by atoms with van der Waals surface area (Å²) in [4.78, 5) is 37.9. The molecule has 0 aromatic rings. The van der Waals surface area contributed by atoms with Gasteiger partial charge >= 0.3 is 17.9 Å². The second-order valence-electron chi connectivity index (χ2n) is 19.5. The van der Waals surface area contributed by atoms with Crippen LogP contribution in [0.4, 0.5) is 0 Å². The van der Waals surface area contributed by atoms with E-state index in [1.54, 1.807) is 0 Å². The van der Waals surface area contributed by atoms with Crippen molar-refractivity contribution < 1.29 is 28.6 Å². The van der Waals surface area contributed by atoms with Crippen molar-refractivity contribution in [3.05, 3.63) is 85.1 Å². The molecule has 6 nitrogen and oxygen atoms in total. The Bertz CT molecular complexity index is 1350. The molecule has 0 saturated heterocycles. The number of hydrogen-bond donors (Lipinski definition) is 0. The number of carbonyl (C=O) groups excluding carboxylic acids is 3. The molecule has 0 aliphatic heterocycles. The van der Waals surface area contributed by atoms with Gasteiger partial charge in [-0.3, -0.25) is 14.4 Å². The van der Waals surface area contributed by atoms with E-state index in [0.717, 1.165) is 109 Å². The molecule has 0 aliphatic carbocycles. The minimum atomic E-state index is -0.782. The van der Waals surface area contributed by atoms with Crippen molar-refractivity contribution in [1.82, 2.24) is 0 Å². The van der Waals surface area contributed by atoms with Crippen molar-refractivity contribution in [2.75, 3.05) is 13.2 Å². The van der Waals surface area contributed by atoms with Gasteiger partial charge in [0.25, 0.3) is 0 Å². The zero-order valence-electron chi connectivity index (χ0n) is 46.0. The highest BCUT2D eigenvalue weighted by atomic mass is 16.6.